The van der Waals surface area contributed by atoms with Gasteiger partial charge >= 0.3 is 0 Å². The third-order valence-corrected chi connectivity index (χ3v) is 4.50. The van der Waals surface area contributed by atoms with E-state index in [-0.39, 0.29) is 5.75 Å². The van der Waals surface area contributed by atoms with Crippen molar-refractivity contribution < 1.29 is 14.6 Å². The van der Waals surface area contributed by atoms with Crippen molar-refractivity contribution in [3.05, 3.63) is 72.8 Å². The fourth-order valence-electron chi connectivity index (χ4n) is 3.26. The Balaban J connectivity index is 2.04. The van der Waals surface area contributed by atoms with Crippen LogP contribution in [0.4, 0.5) is 0 Å². The van der Waals surface area contributed by atoms with Gasteiger partial charge in [-0.25, -0.2) is 0 Å². The third kappa shape index (κ3) is 2.56. The average Bonchev–Trinajstić information content (AvgIpc) is 3.08. The van der Waals surface area contributed by atoms with Crippen molar-refractivity contribution in [2.45, 2.75) is 0 Å². The quantitative estimate of drug-likeness (QED) is 0.565. The summed E-state index contributed by atoms with van der Waals surface area (Å²) in [5, 5.41) is 11.4. The van der Waals surface area contributed by atoms with Crippen LogP contribution < -0.4 is 9.47 Å². The first-order chi connectivity index (χ1) is 12.7. The van der Waals surface area contributed by atoms with Gasteiger partial charge in [-0.15, -0.1) is 0 Å². The molecule has 0 aliphatic carbocycles. The molecular weight excluding hydrogens is 326 g/mol. The zero-order valence-corrected chi connectivity index (χ0v) is 14.6. The van der Waals surface area contributed by atoms with Crippen molar-refractivity contribution in [3.8, 4) is 34.2 Å². The number of ether oxygens (including phenoxy) is 2. The van der Waals surface area contributed by atoms with Crippen molar-refractivity contribution in [1.82, 2.24) is 4.57 Å². The van der Waals surface area contributed by atoms with E-state index >= 15 is 0 Å². The molecule has 4 rings (SSSR count). The topological polar surface area (TPSA) is 43.6 Å². The SMILES string of the molecule is COc1cc(-c2cc3ccccc3n2-c2ccccc2)cc(OC)c1O. The van der Waals surface area contributed by atoms with Crippen molar-refractivity contribution in [2.75, 3.05) is 14.2 Å². The molecule has 26 heavy (non-hydrogen) atoms. The fourth-order valence-corrected chi connectivity index (χ4v) is 3.26. The van der Waals surface area contributed by atoms with E-state index in [1.54, 1.807) is 0 Å². The average molecular weight is 345 g/mol. The van der Waals surface area contributed by atoms with Gasteiger partial charge in [-0.3, -0.25) is 0 Å². The molecule has 0 unspecified atom stereocenters. The van der Waals surface area contributed by atoms with Gasteiger partial charge in [0.05, 0.1) is 25.4 Å². The van der Waals surface area contributed by atoms with E-state index in [2.05, 4.69) is 34.9 Å². The van der Waals surface area contributed by atoms with Crippen LogP contribution >= 0.6 is 0 Å². The smallest absolute Gasteiger partial charge is 0.200 e. The molecule has 1 aromatic heterocycles. The normalized spacial score (nSPS) is 10.8. The number of aromatic hydroxyl groups is 1. The van der Waals surface area contributed by atoms with E-state index in [4.69, 9.17) is 9.47 Å². The van der Waals surface area contributed by atoms with Crippen LogP contribution in [0.2, 0.25) is 0 Å². The lowest BCUT2D eigenvalue weighted by atomic mass is 10.1. The molecule has 4 aromatic rings. The largest absolute Gasteiger partial charge is 0.502 e. The van der Waals surface area contributed by atoms with Crippen LogP contribution in [0, 0.1) is 0 Å². The second-order valence-electron chi connectivity index (χ2n) is 5.99. The number of benzene rings is 3. The van der Waals surface area contributed by atoms with E-state index < -0.39 is 0 Å². The van der Waals surface area contributed by atoms with Crippen LogP contribution in [0.15, 0.2) is 72.8 Å². The number of fused-ring (bicyclic) bond motifs is 1. The minimum absolute atomic E-state index is 0.00104. The van der Waals surface area contributed by atoms with Crippen LogP contribution in [-0.2, 0) is 0 Å². The summed E-state index contributed by atoms with van der Waals surface area (Å²) in [6, 6.07) is 24.2. The number of phenolic OH excluding ortho intramolecular Hbond substituents is 1. The predicted octanol–water partition coefficient (Wildman–Crippen LogP) is 5.02. The Hall–Kier alpha value is -3.40. The van der Waals surface area contributed by atoms with E-state index in [0.717, 1.165) is 27.8 Å². The molecule has 0 radical (unpaired) electrons. The lowest BCUT2D eigenvalue weighted by Crippen LogP contribution is -1.97. The first-order valence-corrected chi connectivity index (χ1v) is 8.34. The van der Waals surface area contributed by atoms with Crippen LogP contribution in [0.3, 0.4) is 0 Å². The summed E-state index contributed by atoms with van der Waals surface area (Å²) < 4.78 is 12.9. The maximum atomic E-state index is 10.2. The van der Waals surface area contributed by atoms with Gasteiger partial charge in [-0.1, -0.05) is 36.4 Å². The molecule has 0 atom stereocenters. The number of phenols is 1. The van der Waals surface area contributed by atoms with Crippen LogP contribution in [-0.4, -0.2) is 23.9 Å². The number of methoxy groups -OCH3 is 2. The van der Waals surface area contributed by atoms with E-state index in [1.165, 1.54) is 14.2 Å². The fraction of sp³-hybridized carbons (Fsp3) is 0.0909. The molecule has 0 amide bonds. The standard InChI is InChI=1S/C22H19NO3/c1-25-20-13-16(14-21(26-2)22(20)24)19-12-15-8-6-7-11-18(15)23(19)17-9-4-3-5-10-17/h3-14,24H,1-2H3. The Morgan fingerprint density at radius 1 is 0.769 bits per heavy atom. The van der Waals surface area contributed by atoms with Crippen LogP contribution in [0.5, 0.6) is 17.2 Å². The van der Waals surface area contributed by atoms with Crippen molar-refractivity contribution >= 4 is 10.9 Å². The molecule has 0 saturated heterocycles. The summed E-state index contributed by atoms with van der Waals surface area (Å²) in [6.07, 6.45) is 0. The van der Waals surface area contributed by atoms with Gasteiger partial charge in [0.25, 0.3) is 0 Å². The Kier molecular flexibility index (Phi) is 4.01. The molecule has 0 saturated carbocycles. The minimum atomic E-state index is 0.00104. The van der Waals surface area contributed by atoms with Gasteiger partial charge in [-0.2, -0.15) is 0 Å². The first-order valence-electron chi connectivity index (χ1n) is 8.34. The number of nitrogens with zero attached hydrogens (tertiary/aromatic N) is 1. The highest BCUT2D eigenvalue weighted by Crippen LogP contribution is 2.42. The molecule has 4 nitrogen and oxygen atoms in total. The number of hydrogen-bond donors (Lipinski definition) is 1. The molecule has 3 aromatic carbocycles. The van der Waals surface area contributed by atoms with E-state index in [1.807, 2.05) is 42.5 Å². The second kappa shape index (κ2) is 6.48. The van der Waals surface area contributed by atoms with E-state index in [0.29, 0.717) is 11.5 Å². The molecule has 0 fully saturated rings. The van der Waals surface area contributed by atoms with Gasteiger partial charge in [-0.05, 0) is 36.4 Å². The molecule has 0 aliphatic heterocycles. The first kappa shape index (κ1) is 16.1. The summed E-state index contributed by atoms with van der Waals surface area (Å²) in [4.78, 5) is 0. The monoisotopic (exact) mass is 345 g/mol. The molecule has 0 aliphatic rings. The van der Waals surface area contributed by atoms with Crippen LogP contribution in [0.25, 0.3) is 27.8 Å². The zero-order valence-electron chi connectivity index (χ0n) is 14.6. The van der Waals surface area contributed by atoms with Gasteiger partial charge in [0.1, 0.15) is 0 Å². The maximum Gasteiger partial charge on any atom is 0.200 e. The second-order valence-corrected chi connectivity index (χ2v) is 5.99. The molecule has 1 heterocycles. The van der Waals surface area contributed by atoms with Crippen LogP contribution in [0.1, 0.15) is 0 Å². The zero-order chi connectivity index (χ0) is 18.1. The molecule has 4 heteroatoms. The summed E-state index contributed by atoms with van der Waals surface area (Å²) >= 11 is 0. The number of rotatable bonds is 4. The van der Waals surface area contributed by atoms with Gasteiger partial charge in [0.2, 0.25) is 5.75 Å². The van der Waals surface area contributed by atoms with E-state index in [9.17, 15) is 5.11 Å². The molecule has 0 spiro atoms. The predicted molar refractivity (Wildman–Crippen MR) is 103 cm³/mol. The van der Waals surface area contributed by atoms with Crippen molar-refractivity contribution in [1.29, 1.82) is 0 Å². The van der Waals surface area contributed by atoms with Gasteiger partial charge < -0.3 is 19.1 Å². The molecular formula is C22H19NO3. The Morgan fingerprint density at radius 2 is 1.38 bits per heavy atom. The summed E-state index contributed by atoms with van der Waals surface area (Å²) in [6.45, 7) is 0. The number of hydrogen-bond acceptors (Lipinski definition) is 3. The molecule has 0 bridgehead atoms. The Morgan fingerprint density at radius 3 is 2.04 bits per heavy atom. The molecule has 1 N–H and O–H groups in total. The van der Waals surface area contributed by atoms with Gasteiger partial charge in [0, 0.05) is 16.6 Å². The molecule has 130 valence electrons. The van der Waals surface area contributed by atoms with Crippen molar-refractivity contribution in [3.63, 3.8) is 0 Å². The minimum Gasteiger partial charge on any atom is -0.502 e. The summed E-state index contributed by atoms with van der Waals surface area (Å²) in [7, 11) is 3.07. The highest BCUT2D eigenvalue weighted by Gasteiger charge is 2.17. The highest BCUT2D eigenvalue weighted by atomic mass is 16.5. The number of para-hydroxylation sites is 2. The lowest BCUT2D eigenvalue weighted by Gasteiger charge is -2.14. The maximum absolute atomic E-state index is 10.2. The highest BCUT2D eigenvalue weighted by molar-refractivity contribution is 5.89. The van der Waals surface area contributed by atoms with Gasteiger partial charge in [0.15, 0.2) is 11.5 Å². The number of aromatic nitrogens is 1. The lowest BCUT2D eigenvalue weighted by molar-refractivity contribution is 0.340. The Bertz CT molecular complexity index is 1040. The summed E-state index contributed by atoms with van der Waals surface area (Å²) in [5.41, 5.74) is 4.07. The van der Waals surface area contributed by atoms with Crippen molar-refractivity contribution in [2.24, 2.45) is 0 Å². The Labute approximate surface area is 151 Å². The third-order valence-electron chi connectivity index (χ3n) is 4.50. The summed E-state index contributed by atoms with van der Waals surface area (Å²) in [5.74, 6) is 0.759.